The van der Waals surface area contributed by atoms with Crippen LogP contribution in [0.15, 0.2) is 10.8 Å². The van der Waals surface area contributed by atoms with Crippen LogP contribution in [-0.2, 0) is 4.79 Å². The van der Waals surface area contributed by atoms with Crippen molar-refractivity contribution in [1.82, 2.24) is 4.90 Å². The predicted molar refractivity (Wildman–Crippen MR) is 79.1 cm³/mol. The molecule has 0 saturated carbocycles. The van der Waals surface area contributed by atoms with E-state index < -0.39 is 11.4 Å². The molecule has 1 amide bonds. The zero-order chi connectivity index (χ0) is 14.9. The number of hydrogen-bond acceptors (Lipinski definition) is 3. The molecule has 0 spiro atoms. The summed E-state index contributed by atoms with van der Waals surface area (Å²) in [6, 6.07) is 0. The van der Waals surface area contributed by atoms with E-state index in [1.54, 1.807) is 13.8 Å². The molecule has 0 aromatic carbocycles. The first kappa shape index (κ1) is 15.0. The maximum absolute atomic E-state index is 12.5. The standard InChI is InChI=1S/C15H21NO3S/c1-10-8-20-9-12(10)13(17)16-6-4-5-11(7-16)15(2,3)14(18)19/h8-9,11H,4-7H2,1-3H3,(H,18,19). The Bertz CT molecular complexity index is 521. The van der Waals surface area contributed by atoms with Gasteiger partial charge >= 0.3 is 5.97 Å². The molecule has 1 saturated heterocycles. The number of likely N-dealkylation sites (tertiary alicyclic amines) is 1. The van der Waals surface area contributed by atoms with E-state index in [2.05, 4.69) is 0 Å². The summed E-state index contributed by atoms with van der Waals surface area (Å²) in [5.41, 5.74) is 0.964. The maximum atomic E-state index is 12.5. The third-order valence-electron chi connectivity index (χ3n) is 4.37. The number of carboxylic acid groups (broad SMARTS) is 1. The number of hydrogen-bond donors (Lipinski definition) is 1. The fourth-order valence-corrected chi connectivity index (χ4v) is 3.50. The maximum Gasteiger partial charge on any atom is 0.309 e. The van der Waals surface area contributed by atoms with E-state index in [-0.39, 0.29) is 11.8 Å². The number of aryl methyl sites for hydroxylation is 1. The summed E-state index contributed by atoms with van der Waals surface area (Å²) in [6.07, 6.45) is 1.74. The minimum Gasteiger partial charge on any atom is -0.481 e. The number of carbonyl (C=O) groups excluding carboxylic acids is 1. The first-order valence-electron chi connectivity index (χ1n) is 6.89. The van der Waals surface area contributed by atoms with Gasteiger partial charge in [-0.3, -0.25) is 9.59 Å². The molecule has 0 radical (unpaired) electrons. The van der Waals surface area contributed by atoms with Gasteiger partial charge < -0.3 is 10.0 Å². The third kappa shape index (κ3) is 2.73. The van der Waals surface area contributed by atoms with Gasteiger partial charge in [-0.2, -0.15) is 11.3 Å². The Morgan fingerprint density at radius 1 is 1.40 bits per heavy atom. The fourth-order valence-electron chi connectivity index (χ4n) is 2.68. The first-order chi connectivity index (χ1) is 9.34. The van der Waals surface area contributed by atoms with Crippen molar-refractivity contribution >= 4 is 23.2 Å². The normalized spacial score (nSPS) is 19.9. The molecule has 0 aliphatic carbocycles. The molecule has 1 aromatic rings. The minimum absolute atomic E-state index is 0.0108. The Morgan fingerprint density at radius 2 is 2.10 bits per heavy atom. The Hall–Kier alpha value is -1.36. The van der Waals surface area contributed by atoms with Crippen LogP contribution in [0, 0.1) is 18.3 Å². The Balaban J connectivity index is 2.13. The monoisotopic (exact) mass is 295 g/mol. The van der Waals surface area contributed by atoms with Crippen LogP contribution in [0.25, 0.3) is 0 Å². The van der Waals surface area contributed by atoms with E-state index in [1.165, 1.54) is 11.3 Å². The van der Waals surface area contributed by atoms with Gasteiger partial charge in [-0.1, -0.05) is 0 Å². The van der Waals surface area contributed by atoms with E-state index in [0.717, 1.165) is 30.5 Å². The van der Waals surface area contributed by atoms with Crippen molar-refractivity contribution < 1.29 is 14.7 Å². The lowest BCUT2D eigenvalue weighted by Crippen LogP contribution is -2.46. The number of thiophene rings is 1. The molecule has 1 unspecified atom stereocenters. The Morgan fingerprint density at radius 3 is 2.65 bits per heavy atom. The zero-order valence-corrected chi connectivity index (χ0v) is 13.0. The van der Waals surface area contributed by atoms with Crippen LogP contribution in [0.3, 0.4) is 0 Å². The lowest BCUT2D eigenvalue weighted by molar-refractivity contribution is -0.151. The van der Waals surface area contributed by atoms with E-state index in [9.17, 15) is 14.7 Å². The summed E-state index contributed by atoms with van der Waals surface area (Å²) in [7, 11) is 0. The van der Waals surface area contributed by atoms with Crippen LogP contribution in [0.4, 0.5) is 0 Å². The second-order valence-electron chi connectivity index (χ2n) is 6.09. The van der Waals surface area contributed by atoms with Crippen LogP contribution >= 0.6 is 11.3 Å². The third-order valence-corrected chi connectivity index (χ3v) is 5.23. The predicted octanol–water partition coefficient (Wildman–Crippen LogP) is 3.02. The lowest BCUT2D eigenvalue weighted by Gasteiger charge is -2.39. The van der Waals surface area contributed by atoms with E-state index >= 15 is 0 Å². The molecule has 1 fully saturated rings. The van der Waals surface area contributed by atoms with E-state index in [0.29, 0.717) is 6.54 Å². The molecule has 2 heterocycles. The summed E-state index contributed by atoms with van der Waals surface area (Å²) in [6.45, 7) is 6.70. The number of carboxylic acids is 1. The second kappa shape index (κ2) is 5.56. The van der Waals surface area contributed by atoms with Crippen molar-refractivity contribution in [2.24, 2.45) is 11.3 Å². The Kier molecular flexibility index (Phi) is 4.18. The quantitative estimate of drug-likeness (QED) is 0.932. The van der Waals surface area contributed by atoms with Crippen LogP contribution in [0.1, 0.15) is 42.6 Å². The van der Waals surface area contributed by atoms with Crippen LogP contribution in [0.5, 0.6) is 0 Å². The van der Waals surface area contributed by atoms with Crippen LogP contribution in [0.2, 0.25) is 0 Å². The number of piperidine rings is 1. The van der Waals surface area contributed by atoms with Gasteiger partial charge in [0, 0.05) is 18.5 Å². The summed E-state index contributed by atoms with van der Waals surface area (Å²) in [5, 5.41) is 13.2. The van der Waals surface area contributed by atoms with Crippen molar-refractivity contribution in [3.8, 4) is 0 Å². The zero-order valence-electron chi connectivity index (χ0n) is 12.2. The van der Waals surface area contributed by atoms with Gasteiger partial charge in [0.1, 0.15) is 0 Å². The molecule has 110 valence electrons. The molecule has 5 heteroatoms. The molecular weight excluding hydrogens is 274 g/mol. The molecule has 1 aliphatic rings. The highest BCUT2D eigenvalue weighted by Gasteiger charge is 2.40. The van der Waals surface area contributed by atoms with Gasteiger partial charge in [-0.15, -0.1) is 0 Å². The highest BCUT2D eigenvalue weighted by atomic mass is 32.1. The highest BCUT2D eigenvalue weighted by Crippen LogP contribution is 2.34. The van der Waals surface area contributed by atoms with Crippen molar-refractivity contribution in [2.45, 2.75) is 33.6 Å². The van der Waals surface area contributed by atoms with E-state index in [1.807, 2.05) is 22.6 Å². The number of amides is 1. The minimum atomic E-state index is -0.789. The first-order valence-corrected chi connectivity index (χ1v) is 7.83. The number of nitrogens with zero attached hydrogens (tertiary/aromatic N) is 1. The van der Waals surface area contributed by atoms with Gasteiger partial charge in [0.05, 0.1) is 11.0 Å². The summed E-state index contributed by atoms with van der Waals surface area (Å²) < 4.78 is 0. The largest absolute Gasteiger partial charge is 0.481 e. The van der Waals surface area contributed by atoms with Gasteiger partial charge in [0.15, 0.2) is 0 Å². The Labute approximate surface area is 123 Å². The van der Waals surface area contributed by atoms with E-state index in [4.69, 9.17) is 0 Å². The molecular formula is C15H21NO3S. The van der Waals surface area contributed by atoms with Gasteiger partial charge in [0.2, 0.25) is 0 Å². The SMILES string of the molecule is Cc1cscc1C(=O)N1CCCC(C(C)(C)C(=O)O)C1. The van der Waals surface area contributed by atoms with Crippen molar-refractivity contribution in [3.05, 3.63) is 21.9 Å². The van der Waals surface area contributed by atoms with Gasteiger partial charge in [-0.25, -0.2) is 0 Å². The van der Waals surface area contributed by atoms with Crippen molar-refractivity contribution in [2.75, 3.05) is 13.1 Å². The molecule has 1 N–H and O–H groups in total. The molecule has 1 aromatic heterocycles. The summed E-state index contributed by atoms with van der Waals surface area (Å²) in [4.78, 5) is 25.7. The molecule has 1 aliphatic heterocycles. The van der Waals surface area contributed by atoms with Gasteiger partial charge in [0.25, 0.3) is 5.91 Å². The average molecular weight is 295 g/mol. The average Bonchev–Trinajstić information content (AvgIpc) is 2.84. The van der Waals surface area contributed by atoms with Gasteiger partial charge in [-0.05, 0) is 50.5 Å². The van der Waals surface area contributed by atoms with Crippen molar-refractivity contribution in [1.29, 1.82) is 0 Å². The van der Waals surface area contributed by atoms with Crippen LogP contribution in [-0.4, -0.2) is 35.0 Å². The molecule has 20 heavy (non-hydrogen) atoms. The molecule has 4 nitrogen and oxygen atoms in total. The molecule has 1 atom stereocenters. The topological polar surface area (TPSA) is 57.6 Å². The number of rotatable bonds is 3. The number of aliphatic carboxylic acids is 1. The fraction of sp³-hybridized carbons (Fsp3) is 0.600. The summed E-state index contributed by atoms with van der Waals surface area (Å²) in [5.74, 6) is -0.741. The number of carbonyl (C=O) groups is 2. The highest BCUT2D eigenvalue weighted by molar-refractivity contribution is 7.08. The smallest absolute Gasteiger partial charge is 0.309 e. The van der Waals surface area contributed by atoms with Crippen molar-refractivity contribution in [3.63, 3.8) is 0 Å². The molecule has 0 bridgehead atoms. The lowest BCUT2D eigenvalue weighted by atomic mass is 9.74. The molecule has 2 rings (SSSR count). The second-order valence-corrected chi connectivity index (χ2v) is 6.83. The summed E-state index contributed by atoms with van der Waals surface area (Å²) >= 11 is 1.53. The van der Waals surface area contributed by atoms with Crippen LogP contribution < -0.4 is 0 Å².